The number of hydrogen-bond acceptors (Lipinski definition) is 1. The first-order valence-corrected chi connectivity index (χ1v) is 6.10. The summed E-state index contributed by atoms with van der Waals surface area (Å²) in [6, 6.07) is 0. The molecule has 0 amide bonds. The topological polar surface area (TPSA) is 0 Å². The SMILES string of the molecule is [B]c1csc2c1C(C)(C)CCC2(C)C. The Labute approximate surface area is 92.1 Å². The van der Waals surface area contributed by atoms with Crippen molar-refractivity contribution in [2.24, 2.45) is 0 Å². The molecule has 2 radical (unpaired) electrons. The minimum atomic E-state index is 0.273. The number of rotatable bonds is 0. The average molecular weight is 204 g/mol. The van der Waals surface area contributed by atoms with Crippen molar-refractivity contribution in [1.82, 2.24) is 0 Å². The van der Waals surface area contributed by atoms with Crippen LogP contribution in [0.4, 0.5) is 0 Å². The Balaban J connectivity index is 2.64. The number of thiophene rings is 1. The maximum absolute atomic E-state index is 6.07. The van der Waals surface area contributed by atoms with Gasteiger partial charge in [-0.15, -0.1) is 11.3 Å². The first-order valence-electron chi connectivity index (χ1n) is 5.22. The Morgan fingerprint density at radius 2 is 1.71 bits per heavy atom. The smallest absolute Gasteiger partial charge is 0.115 e. The van der Waals surface area contributed by atoms with Crippen molar-refractivity contribution in [3.8, 4) is 0 Å². The minimum absolute atomic E-state index is 0.273. The second-order valence-corrected chi connectivity index (χ2v) is 6.54. The largest absolute Gasteiger partial charge is 0.149 e. The third-order valence-corrected chi connectivity index (χ3v) is 4.85. The third-order valence-electron chi connectivity index (χ3n) is 3.49. The van der Waals surface area contributed by atoms with Gasteiger partial charge in [-0.3, -0.25) is 0 Å². The standard InChI is InChI=1S/C12H17BS/c1-11(2)5-6-12(3,4)10-9(11)8(13)7-14-10/h7H,5-6H2,1-4H3. The summed E-state index contributed by atoms with van der Waals surface area (Å²) in [5.74, 6) is 0. The predicted molar refractivity (Wildman–Crippen MR) is 65.0 cm³/mol. The van der Waals surface area contributed by atoms with E-state index in [2.05, 4.69) is 33.1 Å². The molecule has 0 saturated carbocycles. The second-order valence-electron chi connectivity index (χ2n) is 5.66. The fourth-order valence-corrected chi connectivity index (χ4v) is 3.73. The van der Waals surface area contributed by atoms with Crippen molar-refractivity contribution in [3.63, 3.8) is 0 Å². The lowest BCUT2D eigenvalue weighted by molar-refractivity contribution is 0.340. The van der Waals surface area contributed by atoms with Gasteiger partial charge in [0.15, 0.2) is 0 Å². The van der Waals surface area contributed by atoms with Crippen LogP contribution in [-0.4, -0.2) is 7.85 Å². The Bertz CT molecular complexity index is 360. The van der Waals surface area contributed by atoms with Gasteiger partial charge in [-0.05, 0) is 34.6 Å². The van der Waals surface area contributed by atoms with Crippen molar-refractivity contribution in [3.05, 3.63) is 15.8 Å². The molecule has 2 rings (SSSR count). The Morgan fingerprint density at radius 1 is 1.14 bits per heavy atom. The van der Waals surface area contributed by atoms with Crippen molar-refractivity contribution in [2.45, 2.75) is 51.4 Å². The van der Waals surface area contributed by atoms with E-state index < -0.39 is 0 Å². The molecule has 0 saturated heterocycles. The molecule has 0 fully saturated rings. The summed E-state index contributed by atoms with van der Waals surface area (Å²) in [6.45, 7) is 9.28. The predicted octanol–water partition coefficient (Wildman–Crippen LogP) is 2.89. The Morgan fingerprint density at radius 3 is 2.29 bits per heavy atom. The molecule has 1 aliphatic carbocycles. The van der Waals surface area contributed by atoms with Crippen LogP contribution < -0.4 is 5.46 Å². The molecule has 1 aromatic heterocycles. The lowest BCUT2D eigenvalue weighted by atomic mass is 9.64. The molecule has 1 aliphatic rings. The van der Waals surface area contributed by atoms with Crippen LogP contribution in [0.15, 0.2) is 5.38 Å². The third kappa shape index (κ3) is 1.35. The summed E-state index contributed by atoms with van der Waals surface area (Å²) in [5, 5.41) is 2.11. The van der Waals surface area contributed by atoms with Gasteiger partial charge in [-0.1, -0.05) is 33.2 Å². The maximum Gasteiger partial charge on any atom is 0.115 e. The van der Waals surface area contributed by atoms with E-state index >= 15 is 0 Å². The van der Waals surface area contributed by atoms with E-state index in [4.69, 9.17) is 7.85 Å². The number of hydrogen-bond donors (Lipinski definition) is 0. The van der Waals surface area contributed by atoms with E-state index in [-0.39, 0.29) is 5.41 Å². The monoisotopic (exact) mass is 204 g/mol. The second kappa shape index (κ2) is 2.88. The molecule has 0 atom stereocenters. The van der Waals surface area contributed by atoms with Crippen LogP contribution in [-0.2, 0) is 10.8 Å². The van der Waals surface area contributed by atoms with Crippen LogP contribution in [0.25, 0.3) is 0 Å². The van der Waals surface area contributed by atoms with Crippen molar-refractivity contribution >= 4 is 24.6 Å². The minimum Gasteiger partial charge on any atom is -0.149 e. The van der Waals surface area contributed by atoms with Crippen LogP contribution in [0.3, 0.4) is 0 Å². The van der Waals surface area contributed by atoms with Crippen LogP contribution in [0.2, 0.25) is 0 Å². The van der Waals surface area contributed by atoms with Gasteiger partial charge < -0.3 is 0 Å². The summed E-state index contributed by atoms with van der Waals surface area (Å²) in [6.07, 6.45) is 2.51. The van der Waals surface area contributed by atoms with Gasteiger partial charge in [0.2, 0.25) is 0 Å². The molecule has 0 aromatic carbocycles. The van der Waals surface area contributed by atoms with E-state index in [0.717, 1.165) is 5.46 Å². The quantitative estimate of drug-likeness (QED) is 0.570. The van der Waals surface area contributed by atoms with Gasteiger partial charge in [0.25, 0.3) is 0 Å². The highest BCUT2D eigenvalue weighted by molar-refractivity contribution is 7.11. The summed E-state index contributed by atoms with van der Waals surface area (Å²) in [5.41, 5.74) is 3.02. The number of fused-ring (bicyclic) bond motifs is 1. The fourth-order valence-electron chi connectivity index (χ4n) is 2.43. The van der Waals surface area contributed by atoms with Gasteiger partial charge >= 0.3 is 0 Å². The van der Waals surface area contributed by atoms with Gasteiger partial charge in [-0.25, -0.2) is 0 Å². The molecule has 0 spiro atoms. The van der Waals surface area contributed by atoms with E-state index in [0.29, 0.717) is 5.41 Å². The molecule has 0 aliphatic heterocycles. The zero-order chi connectivity index (χ0) is 10.6. The first kappa shape index (κ1) is 10.3. The van der Waals surface area contributed by atoms with Gasteiger partial charge in [0.05, 0.1) is 0 Å². The molecule has 0 nitrogen and oxygen atoms in total. The molecule has 0 bridgehead atoms. The van der Waals surface area contributed by atoms with E-state index in [9.17, 15) is 0 Å². The Hall–Kier alpha value is -0.235. The molecular weight excluding hydrogens is 187 g/mol. The first-order chi connectivity index (χ1) is 6.34. The fraction of sp³-hybridized carbons (Fsp3) is 0.667. The molecule has 1 heterocycles. The summed E-state index contributed by atoms with van der Waals surface area (Å²) >= 11 is 1.84. The molecule has 0 unspecified atom stereocenters. The van der Waals surface area contributed by atoms with Gasteiger partial charge in [0, 0.05) is 4.88 Å². The average Bonchev–Trinajstić information content (AvgIpc) is 2.44. The molecule has 74 valence electrons. The summed E-state index contributed by atoms with van der Waals surface area (Å²) in [7, 11) is 6.07. The van der Waals surface area contributed by atoms with Crippen molar-refractivity contribution in [2.75, 3.05) is 0 Å². The highest BCUT2D eigenvalue weighted by atomic mass is 32.1. The lowest BCUT2D eigenvalue weighted by Gasteiger charge is -2.40. The van der Waals surface area contributed by atoms with Gasteiger partial charge in [0.1, 0.15) is 7.85 Å². The zero-order valence-electron chi connectivity index (χ0n) is 9.48. The van der Waals surface area contributed by atoms with Gasteiger partial charge in [-0.2, -0.15) is 0 Å². The van der Waals surface area contributed by atoms with Crippen LogP contribution in [0, 0.1) is 0 Å². The highest BCUT2D eigenvalue weighted by Gasteiger charge is 2.38. The maximum atomic E-state index is 6.07. The normalized spacial score (nSPS) is 23.1. The van der Waals surface area contributed by atoms with E-state index in [1.807, 2.05) is 11.3 Å². The van der Waals surface area contributed by atoms with Crippen LogP contribution in [0.1, 0.15) is 51.0 Å². The molecule has 0 N–H and O–H groups in total. The van der Waals surface area contributed by atoms with E-state index in [1.165, 1.54) is 23.3 Å². The zero-order valence-corrected chi connectivity index (χ0v) is 10.3. The highest BCUT2D eigenvalue weighted by Crippen LogP contribution is 2.46. The summed E-state index contributed by atoms with van der Waals surface area (Å²) in [4.78, 5) is 1.51. The molecule has 14 heavy (non-hydrogen) atoms. The Kier molecular flexibility index (Phi) is 2.12. The van der Waals surface area contributed by atoms with Crippen LogP contribution >= 0.6 is 11.3 Å². The van der Waals surface area contributed by atoms with Crippen molar-refractivity contribution < 1.29 is 0 Å². The van der Waals surface area contributed by atoms with Crippen LogP contribution in [0.5, 0.6) is 0 Å². The summed E-state index contributed by atoms with van der Waals surface area (Å²) < 4.78 is 0. The van der Waals surface area contributed by atoms with E-state index in [1.54, 1.807) is 0 Å². The van der Waals surface area contributed by atoms with Crippen molar-refractivity contribution in [1.29, 1.82) is 0 Å². The molecule has 1 aromatic rings. The molecular formula is C12H17BS. The molecule has 2 heteroatoms. The lowest BCUT2D eigenvalue weighted by Crippen LogP contribution is -2.35.